The molecule has 2 heteroatoms. The summed E-state index contributed by atoms with van der Waals surface area (Å²) >= 11 is 3.41. The van der Waals surface area contributed by atoms with E-state index in [0.29, 0.717) is 0 Å². The number of nitrogen functional groups attached to an aromatic ring is 1. The predicted molar refractivity (Wildman–Crippen MR) is 51.3 cm³/mol. The Morgan fingerprint density at radius 1 is 1.36 bits per heavy atom. The molecule has 56 valence electrons. The van der Waals surface area contributed by atoms with Gasteiger partial charge >= 0.3 is 0 Å². The van der Waals surface area contributed by atoms with Crippen LogP contribution in [-0.4, -0.2) is 0 Å². The van der Waals surface area contributed by atoms with Crippen LogP contribution >= 0.6 is 15.9 Å². The molecule has 2 N–H and O–H groups in total. The second-order valence-electron chi connectivity index (χ2n) is 2.67. The summed E-state index contributed by atoms with van der Waals surface area (Å²) in [4.78, 5) is 0. The van der Waals surface area contributed by atoms with E-state index in [4.69, 9.17) is 5.73 Å². The van der Waals surface area contributed by atoms with Gasteiger partial charge in [0.15, 0.2) is 0 Å². The van der Waals surface area contributed by atoms with Crippen molar-refractivity contribution >= 4 is 27.7 Å². The maximum absolute atomic E-state index is 5.79. The molecule has 1 aromatic carbocycles. The first-order valence-corrected chi connectivity index (χ1v) is 4.31. The van der Waals surface area contributed by atoms with Gasteiger partial charge in [-0.25, -0.2) is 0 Å². The lowest BCUT2D eigenvalue weighted by Crippen LogP contribution is -1.91. The Bertz CT molecular complexity index is 329. The average molecular weight is 210 g/mol. The highest BCUT2D eigenvalue weighted by molar-refractivity contribution is 9.10. The molecule has 0 aliphatic heterocycles. The summed E-state index contributed by atoms with van der Waals surface area (Å²) < 4.78 is 1.07. The zero-order valence-corrected chi connectivity index (χ0v) is 7.56. The minimum Gasteiger partial charge on any atom is -0.398 e. The number of benzene rings is 1. The number of anilines is 1. The molecular formula is C9H8BrN. The number of hydrogen-bond donors (Lipinski definition) is 1. The molecule has 11 heavy (non-hydrogen) atoms. The molecule has 1 aliphatic rings. The van der Waals surface area contributed by atoms with Gasteiger partial charge in [0.05, 0.1) is 0 Å². The van der Waals surface area contributed by atoms with E-state index in [-0.39, 0.29) is 0 Å². The van der Waals surface area contributed by atoms with E-state index >= 15 is 0 Å². The van der Waals surface area contributed by atoms with Crippen LogP contribution in [-0.2, 0) is 6.42 Å². The van der Waals surface area contributed by atoms with E-state index in [0.717, 1.165) is 16.6 Å². The van der Waals surface area contributed by atoms with Gasteiger partial charge in [-0.05, 0) is 24.1 Å². The summed E-state index contributed by atoms with van der Waals surface area (Å²) in [5, 5.41) is 0. The third kappa shape index (κ3) is 1.07. The predicted octanol–water partition coefficient (Wildman–Crippen LogP) is 2.60. The Labute approximate surface area is 74.0 Å². The highest BCUT2D eigenvalue weighted by atomic mass is 79.9. The summed E-state index contributed by atoms with van der Waals surface area (Å²) in [5.74, 6) is 0. The molecule has 0 heterocycles. The van der Waals surface area contributed by atoms with E-state index in [9.17, 15) is 0 Å². The normalized spacial score (nSPS) is 13.5. The standard InChI is InChI=1S/C9H8BrN/c10-7-4-6-2-1-3-8(6)9(11)5-7/h1,3-5H,2,11H2. The van der Waals surface area contributed by atoms with Crippen molar-refractivity contribution in [2.45, 2.75) is 6.42 Å². The monoisotopic (exact) mass is 209 g/mol. The lowest BCUT2D eigenvalue weighted by Gasteiger charge is -2.03. The molecule has 0 saturated carbocycles. The Morgan fingerprint density at radius 3 is 3.00 bits per heavy atom. The topological polar surface area (TPSA) is 26.0 Å². The van der Waals surface area contributed by atoms with Crippen LogP contribution in [0, 0.1) is 0 Å². The van der Waals surface area contributed by atoms with Crippen LogP contribution < -0.4 is 5.73 Å². The van der Waals surface area contributed by atoms with Gasteiger partial charge < -0.3 is 5.73 Å². The molecule has 0 fully saturated rings. The van der Waals surface area contributed by atoms with Crippen LogP contribution in [0.15, 0.2) is 22.7 Å². The molecule has 0 spiro atoms. The van der Waals surface area contributed by atoms with Gasteiger partial charge in [0, 0.05) is 15.7 Å². The van der Waals surface area contributed by atoms with Gasteiger partial charge in [0.2, 0.25) is 0 Å². The Kier molecular flexibility index (Phi) is 1.50. The molecule has 0 bridgehead atoms. The summed E-state index contributed by atoms with van der Waals surface area (Å²) in [5.41, 5.74) is 9.16. The molecule has 1 nitrogen and oxygen atoms in total. The van der Waals surface area contributed by atoms with Crippen molar-refractivity contribution in [1.29, 1.82) is 0 Å². The molecule has 0 unspecified atom stereocenters. The fraction of sp³-hybridized carbons (Fsp3) is 0.111. The Balaban J connectivity index is 2.67. The Morgan fingerprint density at radius 2 is 2.18 bits per heavy atom. The maximum Gasteiger partial charge on any atom is 0.0401 e. The summed E-state index contributed by atoms with van der Waals surface area (Å²) in [6.07, 6.45) is 5.23. The molecule has 1 aromatic rings. The fourth-order valence-electron chi connectivity index (χ4n) is 1.37. The number of fused-ring (bicyclic) bond motifs is 1. The van der Waals surface area contributed by atoms with Crippen molar-refractivity contribution in [3.05, 3.63) is 33.8 Å². The van der Waals surface area contributed by atoms with Crippen molar-refractivity contribution in [3.63, 3.8) is 0 Å². The Hall–Kier alpha value is -0.760. The van der Waals surface area contributed by atoms with Crippen LogP contribution in [0.25, 0.3) is 6.08 Å². The lowest BCUT2D eigenvalue weighted by atomic mass is 10.1. The van der Waals surface area contributed by atoms with Crippen molar-refractivity contribution in [2.24, 2.45) is 0 Å². The average Bonchev–Trinajstić information content (AvgIpc) is 2.34. The lowest BCUT2D eigenvalue weighted by molar-refractivity contribution is 1.30. The van der Waals surface area contributed by atoms with Gasteiger partial charge in [-0.3, -0.25) is 0 Å². The van der Waals surface area contributed by atoms with Gasteiger partial charge in [-0.15, -0.1) is 0 Å². The van der Waals surface area contributed by atoms with Crippen molar-refractivity contribution < 1.29 is 0 Å². The van der Waals surface area contributed by atoms with Crippen LogP contribution in [0.5, 0.6) is 0 Å². The fourth-order valence-corrected chi connectivity index (χ4v) is 1.90. The summed E-state index contributed by atoms with van der Waals surface area (Å²) in [7, 11) is 0. The zero-order chi connectivity index (χ0) is 7.84. The highest BCUT2D eigenvalue weighted by Gasteiger charge is 2.08. The number of nitrogens with two attached hydrogens (primary N) is 1. The van der Waals surface area contributed by atoms with E-state index in [1.54, 1.807) is 0 Å². The third-order valence-electron chi connectivity index (χ3n) is 1.88. The number of halogens is 1. The molecule has 0 radical (unpaired) electrons. The summed E-state index contributed by atoms with van der Waals surface area (Å²) in [6.45, 7) is 0. The van der Waals surface area contributed by atoms with Crippen molar-refractivity contribution in [1.82, 2.24) is 0 Å². The zero-order valence-electron chi connectivity index (χ0n) is 5.97. The molecule has 0 amide bonds. The molecule has 0 atom stereocenters. The number of allylic oxidation sites excluding steroid dienone is 1. The van der Waals surface area contributed by atoms with E-state index in [1.165, 1.54) is 11.1 Å². The summed E-state index contributed by atoms with van der Waals surface area (Å²) in [6, 6.07) is 4.06. The number of rotatable bonds is 0. The van der Waals surface area contributed by atoms with Crippen molar-refractivity contribution in [3.8, 4) is 0 Å². The van der Waals surface area contributed by atoms with Gasteiger partial charge in [0.25, 0.3) is 0 Å². The largest absolute Gasteiger partial charge is 0.398 e. The van der Waals surface area contributed by atoms with E-state index < -0.39 is 0 Å². The van der Waals surface area contributed by atoms with Crippen LogP contribution in [0.3, 0.4) is 0 Å². The molecule has 0 saturated heterocycles. The quantitative estimate of drug-likeness (QED) is 0.654. The first-order valence-electron chi connectivity index (χ1n) is 3.52. The van der Waals surface area contributed by atoms with Gasteiger partial charge in [-0.1, -0.05) is 28.1 Å². The van der Waals surface area contributed by atoms with E-state index in [2.05, 4.69) is 34.1 Å². The van der Waals surface area contributed by atoms with Crippen LogP contribution in [0.4, 0.5) is 5.69 Å². The number of hydrogen-bond acceptors (Lipinski definition) is 1. The third-order valence-corrected chi connectivity index (χ3v) is 2.34. The second kappa shape index (κ2) is 2.38. The van der Waals surface area contributed by atoms with Crippen molar-refractivity contribution in [2.75, 3.05) is 5.73 Å². The molecule has 0 aromatic heterocycles. The minimum atomic E-state index is 0.864. The molecule has 1 aliphatic carbocycles. The smallest absolute Gasteiger partial charge is 0.0401 e. The molecule has 2 rings (SSSR count). The maximum atomic E-state index is 5.79. The minimum absolute atomic E-state index is 0.864. The first-order chi connectivity index (χ1) is 5.27. The van der Waals surface area contributed by atoms with E-state index in [1.807, 2.05) is 6.07 Å². The first kappa shape index (κ1) is 6.92. The van der Waals surface area contributed by atoms with Crippen LogP contribution in [0.1, 0.15) is 11.1 Å². The molecular weight excluding hydrogens is 202 g/mol. The van der Waals surface area contributed by atoms with Gasteiger partial charge in [-0.2, -0.15) is 0 Å². The SMILES string of the molecule is Nc1cc(Br)cc2c1C=CC2. The second-order valence-corrected chi connectivity index (χ2v) is 3.59. The van der Waals surface area contributed by atoms with Crippen LogP contribution in [0.2, 0.25) is 0 Å². The highest BCUT2D eigenvalue weighted by Crippen LogP contribution is 2.28. The van der Waals surface area contributed by atoms with Gasteiger partial charge in [0.1, 0.15) is 0 Å².